The minimum absolute atomic E-state index is 0.0517. The maximum Gasteiger partial charge on any atom is 0.255 e. The van der Waals surface area contributed by atoms with Gasteiger partial charge >= 0.3 is 0 Å². The van der Waals surface area contributed by atoms with Crippen LogP contribution in [0.25, 0.3) is 16.7 Å². The first-order valence-corrected chi connectivity index (χ1v) is 14.4. The van der Waals surface area contributed by atoms with Gasteiger partial charge in [-0.15, -0.1) is 0 Å². The molecule has 0 radical (unpaired) electrons. The lowest BCUT2D eigenvalue weighted by atomic mass is 10.0. The topological polar surface area (TPSA) is 132 Å². The van der Waals surface area contributed by atoms with Crippen molar-refractivity contribution in [2.45, 2.75) is 31.7 Å². The quantitative estimate of drug-likeness (QED) is 0.169. The molecule has 12 heteroatoms. The maximum atomic E-state index is 13.1. The summed E-state index contributed by atoms with van der Waals surface area (Å²) in [5.74, 6) is 0.419. The fourth-order valence-electron chi connectivity index (χ4n) is 4.89. The van der Waals surface area contributed by atoms with E-state index in [9.17, 15) is 9.59 Å². The van der Waals surface area contributed by atoms with Gasteiger partial charge in [0, 0.05) is 55.6 Å². The lowest BCUT2D eigenvalue weighted by Gasteiger charge is -2.23. The first-order valence-electron chi connectivity index (χ1n) is 13.7. The van der Waals surface area contributed by atoms with Crippen LogP contribution in [0, 0.1) is 0 Å². The number of hydrogen-bond acceptors (Lipinski definition) is 6. The number of fused-ring (bicyclic) bond motifs is 1. The van der Waals surface area contributed by atoms with Crippen molar-refractivity contribution < 1.29 is 9.59 Å². The zero-order valence-electron chi connectivity index (χ0n) is 23.8. The number of nitrogens with one attached hydrogen (secondary N) is 3. The van der Waals surface area contributed by atoms with E-state index in [4.69, 9.17) is 33.9 Å². The van der Waals surface area contributed by atoms with Crippen LogP contribution in [0.4, 0.5) is 5.69 Å². The van der Waals surface area contributed by atoms with Crippen molar-refractivity contribution in [2.75, 3.05) is 33.7 Å². The van der Waals surface area contributed by atoms with Gasteiger partial charge < -0.3 is 31.2 Å². The Morgan fingerprint density at radius 1 is 1.21 bits per heavy atom. The zero-order valence-corrected chi connectivity index (χ0v) is 25.4. The van der Waals surface area contributed by atoms with E-state index in [2.05, 4.69) is 33.8 Å². The molecule has 2 heterocycles. The molecule has 0 aliphatic carbocycles. The fourth-order valence-corrected chi connectivity index (χ4v) is 5.30. The van der Waals surface area contributed by atoms with Gasteiger partial charge in [-0.05, 0) is 49.6 Å². The van der Waals surface area contributed by atoms with E-state index in [-0.39, 0.29) is 23.3 Å². The van der Waals surface area contributed by atoms with E-state index in [1.807, 2.05) is 6.07 Å². The molecule has 10 nitrogen and oxygen atoms in total. The number of imidazole rings is 1. The van der Waals surface area contributed by atoms with Gasteiger partial charge in [-0.3, -0.25) is 9.59 Å². The van der Waals surface area contributed by atoms with Crippen molar-refractivity contribution in [3.63, 3.8) is 0 Å². The zero-order chi connectivity index (χ0) is 30.4. The molecule has 2 aromatic carbocycles. The second kappa shape index (κ2) is 13.8. The van der Waals surface area contributed by atoms with Gasteiger partial charge in [0.15, 0.2) is 0 Å². The molecule has 1 atom stereocenters. The third-order valence-electron chi connectivity index (χ3n) is 7.24. The Kier molecular flexibility index (Phi) is 10.1. The fraction of sp³-hybridized carbons (Fsp3) is 0.333. The Morgan fingerprint density at radius 3 is 2.64 bits per heavy atom. The molecule has 42 heavy (non-hydrogen) atoms. The first-order chi connectivity index (χ1) is 20.1. The van der Waals surface area contributed by atoms with Crippen LogP contribution < -0.4 is 16.4 Å². The van der Waals surface area contributed by atoms with Gasteiger partial charge in [0.2, 0.25) is 5.91 Å². The van der Waals surface area contributed by atoms with Crippen LogP contribution in [0.15, 0.2) is 54.2 Å². The summed E-state index contributed by atoms with van der Waals surface area (Å²) in [5, 5.41) is 7.23. The number of carbonyl (C=O) groups is 2. The molecule has 1 aromatic heterocycles. The van der Waals surface area contributed by atoms with Crippen LogP contribution in [0.2, 0.25) is 10.0 Å². The summed E-state index contributed by atoms with van der Waals surface area (Å²) in [6, 6.07) is 8.28. The average Bonchev–Trinajstić information content (AvgIpc) is 3.65. The maximum absolute atomic E-state index is 13.1. The van der Waals surface area contributed by atoms with Gasteiger partial charge in [0.25, 0.3) is 5.91 Å². The number of nitrogens with two attached hydrogens (primary N) is 1. The molecule has 1 unspecified atom stereocenters. The van der Waals surface area contributed by atoms with Gasteiger partial charge in [0.1, 0.15) is 5.82 Å². The van der Waals surface area contributed by atoms with Gasteiger partial charge in [-0.2, -0.15) is 0 Å². The Morgan fingerprint density at radius 2 is 1.95 bits per heavy atom. The van der Waals surface area contributed by atoms with E-state index < -0.39 is 6.04 Å². The van der Waals surface area contributed by atoms with Crippen LogP contribution in [-0.2, 0) is 4.79 Å². The molecule has 3 aromatic rings. The number of aliphatic imine (C=N–C) groups is 1. The van der Waals surface area contributed by atoms with Crippen LogP contribution in [0.5, 0.6) is 0 Å². The van der Waals surface area contributed by atoms with Crippen molar-refractivity contribution in [1.82, 2.24) is 30.4 Å². The second-order valence-electron chi connectivity index (χ2n) is 10.2. The number of H-pyrrole nitrogens is 1. The molecule has 4 rings (SSSR count). The minimum Gasteiger partial charge on any atom is -0.390 e. The molecule has 0 saturated carbocycles. The third-order valence-corrected chi connectivity index (χ3v) is 7.79. The second-order valence-corrected chi connectivity index (χ2v) is 11.1. The molecular weight excluding hydrogens is 575 g/mol. The number of hydrogen-bond donors (Lipinski definition) is 4. The third kappa shape index (κ3) is 7.24. The van der Waals surface area contributed by atoms with Crippen molar-refractivity contribution in [2.24, 2.45) is 10.7 Å². The summed E-state index contributed by atoms with van der Waals surface area (Å²) in [4.78, 5) is 41.9. The molecule has 1 saturated heterocycles. The summed E-state index contributed by atoms with van der Waals surface area (Å²) in [6.07, 6.45) is 3.73. The molecule has 0 spiro atoms. The summed E-state index contributed by atoms with van der Waals surface area (Å²) in [5.41, 5.74) is 9.76. The highest BCUT2D eigenvalue weighted by atomic mass is 35.5. The van der Waals surface area contributed by atoms with E-state index in [0.717, 1.165) is 30.4 Å². The highest BCUT2D eigenvalue weighted by molar-refractivity contribution is 6.34. The van der Waals surface area contributed by atoms with Crippen molar-refractivity contribution in [3.05, 3.63) is 76.2 Å². The number of nitrogens with zero attached hydrogens (tertiary/aromatic N) is 4. The number of rotatable bonds is 12. The van der Waals surface area contributed by atoms with Crippen LogP contribution in [0.1, 0.15) is 53.5 Å². The normalized spacial score (nSPS) is 13.9. The summed E-state index contributed by atoms with van der Waals surface area (Å²) in [6.45, 7) is 9.94. The number of amides is 2. The predicted molar refractivity (Wildman–Crippen MR) is 170 cm³/mol. The van der Waals surface area contributed by atoms with E-state index in [1.165, 1.54) is 0 Å². The predicted octanol–water partition coefficient (Wildman–Crippen LogP) is 5.00. The summed E-state index contributed by atoms with van der Waals surface area (Å²) < 4.78 is 0. The summed E-state index contributed by atoms with van der Waals surface area (Å²) in [7, 11) is 3.50. The van der Waals surface area contributed by atoms with Crippen LogP contribution in [-0.4, -0.2) is 71.7 Å². The lowest BCUT2D eigenvalue weighted by molar-refractivity contribution is -0.129. The van der Waals surface area contributed by atoms with E-state index in [1.54, 1.807) is 48.2 Å². The highest BCUT2D eigenvalue weighted by Crippen LogP contribution is 2.34. The monoisotopic (exact) mass is 610 g/mol. The molecule has 1 aliphatic rings. The number of likely N-dealkylation sites (tertiary alicyclic amines) is 1. The molecular formula is C30H36Cl2N8O2. The average molecular weight is 612 g/mol. The number of halogens is 2. The molecule has 2 amide bonds. The molecule has 5 N–H and O–H groups in total. The molecule has 1 fully saturated rings. The van der Waals surface area contributed by atoms with Crippen molar-refractivity contribution in [3.8, 4) is 0 Å². The van der Waals surface area contributed by atoms with Crippen LogP contribution in [0.3, 0.4) is 0 Å². The molecule has 1 aliphatic heterocycles. The van der Waals surface area contributed by atoms with Gasteiger partial charge in [-0.25, -0.2) is 9.98 Å². The number of aromatic amines is 1. The molecule has 0 bridgehead atoms. The standard InChI is InChI=1S/C30H36Cl2N8O2/c1-18(34-3)16-39(4)28(41)10-9-25(29-37-24-8-7-20(31)13-27(24)38-29)36-19(2)21-14-23(32)22(15-26(21)35-17-33)30(42)40-11-5-6-12-40/h7-8,13-15,17,25,34,36H,1-2,5-6,9-12,16H2,3-4H3,(H2,33,35)(H,37,38). The highest BCUT2D eigenvalue weighted by Gasteiger charge is 2.25. The number of carbonyl (C=O) groups excluding carboxylic acids is 2. The van der Waals surface area contributed by atoms with E-state index in [0.29, 0.717) is 64.9 Å². The van der Waals surface area contributed by atoms with Crippen LogP contribution >= 0.6 is 23.2 Å². The van der Waals surface area contributed by atoms with Gasteiger partial charge in [-0.1, -0.05) is 36.4 Å². The van der Waals surface area contributed by atoms with Crippen molar-refractivity contribution >= 4 is 63.8 Å². The molecule has 222 valence electrons. The number of aromatic nitrogens is 2. The SMILES string of the molecule is C=C(CN(C)C(=O)CCC(NC(=C)c1cc(Cl)c(C(=O)N2CCCC2)cc1/N=C\N)c1nc2cc(Cl)ccc2[nH]1)NC. The van der Waals surface area contributed by atoms with E-state index >= 15 is 0 Å². The van der Waals surface area contributed by atoms with Crippen molar-refractivity contribution in [1.29, 1.82) is 0 Å². The van der Waals surface area contributed by atoms with Gasteiger partial charge in [0.05, 0.1) is 46.2 Å². The Balaban J connectivity index is 1.62. The Hall–Kier alpha value is -4.02. The smallest absolute Gasteiger partial charge is 0.255 e. The number of likely N-dealkylation sites (N-methyl/N-ethyl adjacent to an activating group) is 2. The Bertz CT molecular complexity index is 1530. The minimum atomic E-state index is -0.437. The summed E-state index contributed by atoms with van der Waals surface area (Å²) >= 11 is 12.8. The largest absolute Gasteiger partial charge is 0.390 e. The number of benzene rings is 2. The first kappa shape index (κ1) is 30.9. The lowest BCUT2D eigenvalue weighted by Crippen LogP contribution is -2.32. The Labute approximate surface area is 255 Å².